The number of hydrogen-bond acceptors (Lipinski definition) is 1. The van der Waals surface area contributed by atoms with E-state index >= 15 is 0 Å². The molecule has 0 spiro atoms. The van der Waals surface area contributed by atoms with Gasteiger partial charge >= 0.3 is 0 Å². The molecule has 0 aliphatic heterocycles. The van der Waals surface area contributed by atoms with Gasteiger partial charge in [-0.1, -0.05) is 178 Å². The van der Waals surface area contributed by atoms with Crippen molar-refractivity contribution in [3.05, 3.63) is 228 Å². The van der Waals surface area contributed by atoms with Gasteiger partial charge in [0.25, 0.3) is 0 Å². The minimum Gasteiger partial charge on any atom is -0.310 e. The number of fused-ring (bicyclic) bond motifs is 9. The summed E-state index contributed by atoms with van der Waals surface area (Å²) in [6.07, 6.45) is 11.7. The summed E-state index contributed by atoms with van der Waals surface area (Å²) in [4.78, 5) is 2.51. The maximum atomic E-state index is 2.55. The number of para-hydroxylation sites is 1. The molecule has 8 aromatic carbocycles. The first-order chi connectivity index (χ1) is 27.6. The first kappa shape index (κ1) is 32.7. The van der Waals surface area contributed by atoms with Gasteiger partial charge in [-0.15, -0.1) is 0 Å². The van der Waals surface area contributed by atoms with Gasteiger partial charge in [0.2, 0.25) is 0 Å². The number of benzene rings is 8. The molecule has 8 aromatic rings. The maximum Gasteiger partial charge on any atom is 0.0546 e. The fraction of sp³-hybridized carbons (Fsp3) is 0.0909. The van der Waals surface area contributed by atoms with Crippen LogP contribution in [0.2, 0.25) is 0 Å². The van der Waals surface area contributed by atoms with Gasteiger partial charge in [-0.2, -0.15) is 0 Å². The summed E-state index contributed by atoms with van der Waals surface area (Å²) in [5, 5.41) is 5.06. The molecule has 2 atom stereocenters. The van der Waals surface area contributed by atoms with Gasteiger partial charge in [0.1, 0.15) is 0 Å². The van der Waals surface area contributed by atoms with Gasteiger partial charge in [-0.05, 0) is 108 Å². The molecule has 0 heterocycles. The highest BCUT2D eigenvalue weighted by Gasteiger charge is 2.37. The topological polar surface area (TPSA) is 3.24 Å². The zero-order chi connectivity index (χ0) is 37.4. The van der Waals surface area contributed by atoms with E-state index < -0.39 is 0 Å². The average molecular weight is 716 g/mol. The highest BCUT2D eigenvalue weighted by Crippen LogP contribution is 2.54. The molecule has 3 aliphatic carbocycles. The third-order valence-corrected chi connectivity index (χ3v) is 12.6. The Labute approximate surface area is 329 Å². The molecule has 0 saturated carbocycles. The summed E-state index contributed by atoms with van der Waals surface area (Å²) < 4.78 is 0. The number of hydrogen-bond donors (Lipinski definition) is 0. The van der Waals surface area contributed by atoms with Gasteiger partial charge in [0.15, 0.2) is 0 Å². The molecule has 0 fully saturated rings. The molecule has 0 amide bonds. The summed E-state index contributed by atoms with van der Waals surface area (Å²) in [7, 11) is 0. The van der Waals surface area contributed by atoms with E-state index in [4.69, 9.17) is 0 Å². The summed E-state index contributed by atoms with van der Waals surface area (Å²) >= 11 is 0. The normalized spacial score (nSPS) is 17.2. The van der Waals surface area contributed by atoms with Crippen LogP contribution in [0.3, 0.4) is 0 Å². The molecule has 0 radical (unpaired) electrons. The van der Waals surface area contributed by atoms with E-state index in [-0.39, 0.29) is 11.3 Å². The van der Waals surface area contributed by atoms with Crippen LogP contribution in [0.5, 0.6) is 0 Å². The molecular weight excluding hydrogens is 675 g/mol. The number of anilines is 3. The summed E-state index contributed by atoms with van der Waals surface area (Å²) in [5.41, 5.74) is 16.4. The first-order valence-electron chi connectivity index (χ1n) is 19.9. The average Bonchev–Trinajstić information content (AvgIpc) is 3.49. The Morgan fingerprint density at radius 3 is 2.02 bits per heavy atom. The zero-order valence-corrected chi connectivity index (χ0v) is 31.7. The minimum absolute atomic E-state index is 0.125. The zero-order valence-electron chi connectivity index (χ0n) is 31.7. The molecule has 0 N–H and O–H groups in total. The lowest BCUT2D eigenvalue weighted by Gasteiger charge is -2.35. The lowest BCUT2D eigenvalue weighted by Crippen LogP contribution is -2.19. The summed E-state index contributed by atoms with van der Waals surface area (Å²) in [5.74, 6) is 0.562. The van der Waals surface area contributed by atoms with Crippen LogP contribution in [0.1, 0.15) is 47.6 Å². The fourth-order valence-electron chi connectivity index (χ4n) is 9.97. The van der Waals surface area contributed by atoms with E-state index in [9.17, 15) is 0 Å². The molecule has 266 valence electrons. The minimum atomic E-state index is -0.125. The van der Waals surface area contributed by atoms with Crippen molar-refractivity contribution in [3.63, 3.8) is 0 Å². The lowest BCUT2D eigenvalue weighted by molar-refractivity contribution is 0.660. The molecule has 56 heavy (non-hydrogen) atoms. The Morgan fingerprint density at radius 2 is 1.14 bits per heavy atom. The van der Waals surface area contributed by atoms with Crippen LogP contribution in [-0.4, -0.2) is 0 Å². The number of nitrogens with zero attached hydrogens (tertiary/aromatic N) is 1. The van der Waals surface area contributed by atoms with Crippen molar-refractivity contribution >= 4 is 44.2 Å². The SMILES string of the molecule is CC1(C)c2ccccc2-c2ccc(N(c3ccccc3)c3cccc(-c4cc5ccccc5c5ccccc45)c3C3=CC4C=CC=CC4c4ccccc43)cc21. The monoisotopic (exact) mass is 715 g/mol. The molecule has 0 saturated heterocycles. The predicted molar refractivity (Wildman–Crippen MR) is 237 cm³/mol. The number of allylic oxidation sites excluding steroid dienone is 5. The van der Waals surface area contributed by atoms with Crippen molar-refractivity contribution in [1.82, 2.24) is 0 Å². The van der Waals surface area contributed by atoms with Crippen LogP contribution in [0.15, 0.2) is 200 Å². The molecule has 3 aliphatic rings. The quantitative estimate of drug-likeness (QED) is 0.160. The van der Waals surface area contributed by atoms with Crippen LogP contribution in [0, 0.1) is 5.92 Å². The Hall–Kier alpha value is -6.70. The van der Waals surface area contributed by atoms with Gasteiger partial charge in [0.05, 0.1) is 5.69 Å². The van der Waals surface area contributed by atoms with E-state index in [0.29, 0.717) is 5.92 Å². The van der Waals surface area contributed by atoms with Crippen molar-refractivity contribution in [3.8, 4) is 22.3 Å². The third kappa shape index (κ3) is 4.94. The van der Waals surface area contributed by atoms with E-state index in [1.807, 2.05) is 0 Å². The van der Waals surface area contributed by atoms with Gasteiger partial charge in [0, 0.05) is 34.2 Å². The summed E-state index contributed by atoms with van der Waals surface area (Å²) in [6, 6.07) is 63.2. The second-order valence-electron chi connectivity index (χ2n) is 16.0. The van der Waals surface area contributed by atoms with E-state index in [0.717, 1.165) is 17.1 Å². The predicted octanol–water partition coefficient (Wildman–Crippen LogP) is 14.7. The molecular formula is C55H41N. The van der Waals surface area contributed by atoms with E-state index in [1.165, 1.54) is 77.2 Å². The highest BCUT2D eigenvalue weighted by atomic mass is 15.1. The van der Waals surface area contributed by atoms with Gasteiger partial charge < -0.3 is 4.90 Å². The van der Waals surface area contributed by atoms with Gasteiger partial charge in [-0.3, -0.25) is 0 Å². The first-order valence-corrected chi connectivity index (χ1v) is 19.9. The van der Waals surface area contributed by atoms with Crippen LogP contribution in [0.4, 0.5) is 17.1 Å². The standard InChI is InChI=1S/C55H41N/c1-55(2)51-29-15-14-27-46(51)47-32-31-39(35-52(47)55)56(38-19-4-3-5-20-38)53-30-16-28-48(49-33-36-17-6-8-21-40(36)42-23-10-12-25-44(42)49)54(53)50-34-37-18-7-9-22-41(37)43-24-11-13-26-45(43)50/h3-35,37,41H,1-2H3. The molecule has 0 aromatic heterocycles. The molecule has 1 nitrogen and oxygen atoms in total. The largest absolute Gasteiger partial charge is 0.310 e. The van der Waals surface area contributed by atoms with Crippen molar-refractivity contribution in [1.29, 1.82) is 0 Å². The second kappa shape index (κ2) is 12.7. The fourth-order valence-corrected chi connectivity index (χ4v) is 9.97. The molecule has 1 heteroatoms. The Balaban J connectivity index is 1.24. The van der Waals surface area contributed by atoms with E-state index in [2.05, 4.69) is 219 Å². The Morgan fingerprint density at radius 1 is 0.464 bits per heavy atom. The molecule has 11 rings (SSSR count). The summed E-state index contributed by atoms with van der Waals surface area (Å²) in [6.45, 7) is 4.75. The second-order valence-corrected chi connectivity index (χ2v) is 16.0. The molecule has 2 unspecified atom stereocenters. The Kier molecular flexibility index (Phi) is 7.41. The Bertz CT molecular complexity index is 2960. The smallest absolute Gasteiger partial charge is 0.0546 e. The number of rotatable bonds is 5. The third-order valence-electron chi connectivity index (χ3n) is 12.6. The van der Waals surface area contributed by atoms with Crippen molar-refractivity contribution < 1.29 is 0 Å². The van der Waals surface area contributed by atoms with Gasteiger partial charge in [-0.25, -0.2) is 0 Å². The van der Waals surface area contributed by atoms with Crippen LogP contribution in [0.25, 0.3) is 49.4 Å². The van der Waals surface area contributed by atoms with Crippen molar-refractivity contribution in [2.75, 3.05) is 4.90 Å². The highest BCUT2D eigenvalue weighted by molar-refractivity contribution is 6.15. The molecule has 0 bridgehead atoms. The van der Waals surface area contributed by atoms with Crippen molar-refractivity contribution in [2.45, 2.75) is 25.2 Å². The lowest BCUT2D eigenvalue weighted by atomic mass is 9.72. The van der Waals surface area contributed by atoms with Crippen molar-refractivity contribution in [2.24, 2.45) is 5.92 Å². The van der Waals surface area contributed by atoms with E-state index in [1.54, 1.807) is 0 Å². The van der Waals surface area contributed by atoms with Crippen LogP contribution >= 0.6 is 0 Å². The van der Waals surface area contributed by atoms with Crippen LogP contribution < -0.4 is 4.90 Å². The van der Waals surface area contributed by atoms with Crippen LogP contribution in [-0.2, 0) is 5.41 Å². The maximum absolute atomic E-state index is 2.55.